The Labute approximate surface area is 217 Å². The van der Waals surface area contributed by atoms with Crippen LogP contribution in [-0.4, -0.2) is 44.5 Å². The molecular formula is C28H22N6O4. The lowest BCUT2D eigenvalue weighted by molar-refractivity contribution is -0.142. The van der Waals surface area contributed by atoms with E-state index >= 15 is 0 Å². The van der Waals surface area contributed by atoms with Crippen LogP contribution in [0.3, 0.4) is 0 Å². The number of imide groups is 1. The molecule has 38 heavy (non-hydrogen) atoms. The van der Waals surface area contributed by atoms with E-state index in [9.17, 15) is 14.4 Å². The van der Waals surface area contributed by atoms with Crippen LogP contribution in [0.5, 0.6) is 5.75 Å². The molecule has 3 aromatic carbocycles. The molecule has 0 radical (unpaired) electrons. The summed E-state index contributed by atoms with van der Waals surface area (Å²) in [6, 6.07) is 25.3. The summed E-state index contributed by atoms with van der Waals surface area (Å²) in [6.07, 6.45) is 1.53. The number of hydrazone groups is 1. The average molecular weight is 507 g/mol. The molecule has 2 N–H and O–H groups in total. The van der Waals surface area contributed by atoms with Crippen molar-refractivity contribution >= 4 is 23.7 Å². The summed E-state index contributed by atoms with van der Waals surface area (Å²) in [4.78, 5) is 43.2. The molecule has 2 heterocycles. The van der Waals surface area contributed by atoms with Crippen molar-refractivity contribution in [1.82, 2.24) is 19.8 Å². The van der Waals surface area contributed by atoms with E-state index in [2.05, 4.69) is 15.2 Å². The Morgan fingerprint density at radius 1 is 0.895 bits per heavy atom. The minimum absolute atomic E-state index is 0.0614. The van der Waals surface area contributed by atoms with Gasteiger partial charge in [0.05, 0.1) is 12.7 Å². The Morgan fingerprint density at radius 3 is 2.11 bits per heavy atom. The maximum absolute atomic E-state index is 13.1. The van der Waals surface area contributed by atoms with E-state index in [0.717, 1.165) is 4.68 Å². The zero-order valence-corrected chi connectivity index (χ0v) is 20.3. The number of methoxy groups -OCH3 is 1. The van der Waals surface area contributed by atoms with Gasteiger partial charge in [0.15, 0.2) is 5.84 Å². The first-order valence-electron chi connectivity index (χ1n) is 11.6. The summed E-state index contributed by atoms with van der Waals surface area (Å²) in [7, 11) is 1.55. The number of carbonyl (C=O) groups is 2. The first kappa shape index (κ1) is 24.3. The van der Waals surface area contributed by atoms with E-state index in [1.807, 2.05) is 60.7 Å². The summed E-state index contributed by atoms with van der Waals surface area (Å²) in [6.45, 7) is -0.556. The number of aromatic nitrogens is 3. The fourth-order valence-corrected chi connectivity index (χ4v) is 3.91. The molecule has 0 unspecified atom stereocenters. The Balaban J connectivity index is 1.45. The molecule has 188 valence electrons. The molecule has 0 spiro atoms. The first-order valence-corrected chi connectivity index (χ1v) is 11.6. The van der Waals surface area contributed by atoms with Crippen LogP contribution < -0.4 is 16.2 Å². The minimum atomic E-state index is -0.779. The van der Waals surface area contributed by atoms with Crippen LogP contribution in [0.4, 0.5) is 0 Å². The minimum Gasteiger partial charge on any atom is -0.497 e. The second-order valence-electron chi connectivity index (χ2n) is 8.31. The standard InChI is InChI=1S/C28H22N6O4/c1-38-21-14-12-18(13-15-21)16-22-26(29)32-34(27(22)36)23(35)17-33-28(37)30-24(19-8-4-2-5-9-19)25(31-33)20-10-6-3-7-11-20/h2-16H,17H2,1H3,(H2,29,32)/b22-16+. The van der Waals surface area contributed by atoms with E-state index < -0.39 is 24.0 Å². The Morgan fingerprint density at radius 2 is 1.50 bits per heavy atom. The molecule has 1 aliphatic heterocycles. The zero-order chi connectivity index (χ0) is 26.6. The zero-order valence-electron chi connectivity index (χ0n) is 20.3. The van der Waals surface area contributed by atoms with Gasteiger partial charge in [-0.2, -0.15) is 15.1 Å². The number of rotatable bonds is 6. The second kappa shape index (κ2) is 10.3. The molecule has 2 amide bonds. The number of amides is 2. The Hall–Kier alpha value is -5.38. The lowest BCUT2D eigenvalue weighted by atomic mass is 10.0. The monoisotopic (exact) mass is 506 g/mol. The highest BCUT2D eigenvalue weighted by molar-refractivity contribution is 6.29. The Bertz CT molecular complexity index is 1630. The third-order valence-corrected chi connectivity index (χ3v) is 5.82. The van der Waals surface area contributed by atoms with Gasteiger partial charge in [-0.25, -0.2) is 9.48 Å². The average Bonchev–Trinajstić information content (AvgIpc) is 3.23. The summed E-state index contributed by atoms with van der Waals surface area (Å²) in [5.74, 6) is -0.933. The number of ether oxygens (including phenoxy) is 1. The molecule has 0 aliphatic carbocycles. The fourth-order valence-electron chi connectivity index (χ4n) is 3.91. The van der Waals surface area contributed by atoms with Crippen LogP contribution in [0, 0.1) is 0 Å². The maximum atomic E-state index is 13.1. The van der Waals surface area contributed by atoms with E-state index in [0.29, 0.717) is 38.8 Å². The van der Waals surface area contributed by atoms with Crippen molar-refractivity contribution in [1.29, 1.82) is 0 Å². The largest absolute Gasteiger partial charge is 0.497 e. The molecule has 0 atom stereocenters. The van der Waals surface area contributed by atoms with Crippen LogP contribution in [-0.2, 0) is 16.1 Å². The summed E-state index contributed by atoms with van der Waals surface area (Å²) in [5, 5.41) is 9.02. The van der Waals surface area contributed by atoms with E-state index in [1.54, 1.807) is 31.4 Å². The molecule has 10 nitrogen and oxygen atoms in total. The highest BCUT2D eigenvalue weighted by Gasteiger charge is 2.33. The number of carbonyl (C=O) groups excluding carboxylic acids is 2. The number of nitrogens with two attached hydrogens (primary N) is 1. The fraction of sp³-hybridized carbons (Fsp3) is 0.0714. The quantitative estimate of drug-likeness (QED) is 0.398. The second-order valence-corrected chi connectivity index (χ2v) is 8.31. The summed E-state index contributed by atoms with van der Waals surface area (Å²) < 4.78 is 6.06. The van der Waals surface area contributed by atoms with Gasteiger partial charge in [0.2, 0.25) is 0 Å². The predicted molar refractivity (Wildman–Crippen MR) is 142 cm³/mol. The molecule has 0 bridgehead atoms. The highest BCUT2D eigenvalue weighted by atomic mass is 16.5. The number of nitrogens with zero attached hydrogens (tertiary/aromatic N) is 5. The van der Waals surface area contributed by atoms with E-state index in [-0.39, 0.29) is 11.4 Å². The van der Waals surface area contributed by atoms with Crippen molar-refractivity contribution in [2.45, 2.75) is 6.54 Å². The molecule has 4 aromatic rings. The third kappa shape index (κ3) is 4.82. The first-order chi connectivity index (χ1) is 18.4. The van der Waals surface area contributed by atoms with Crippen molar-refractivity contribution in [2.75, 3.05) is 7.11 Å². The maximum Gasteiger partial charge on any atom is 0.365 e. The smallest absolute Gasteiger partial charge is 0.365 e. The lowest BCUT2D eigenvalue weighted by Crippen LogP contribution is -2.37. The lowest BCUT2D eigenvalue weighted by Gasteiger charge is -2.13. The van der Waals surface area contributed by atoms with Crippen LogP contribution in [0.2, 0.25) is 0 Å². The SMILES string of the molecule is COc1ccc(/C=C2/C(=O)N(C(=O)Cn3nc(-c4ccccc4)c(-c4ccccc4)nc3=O)N=C2N)cc1. The number of amidine groups is 1. The van der Waals surface area contributed by atoms with Crippen molar-refractivity contribution < 1.29 is 14.3 Å². The molecule has 10 heteroatoms. The number of benzene rings is 3. The van der Waals surface area contributed by atoms with E-state index in [4.69, 9.17) is 10.5 Å². The Kier molecular flexibility index (Phi) is 6.60. The van der Waals surface area contributed by atoms with Crippen LogP contribution in [0.25, 0.3) is 28.6 Å². The van der Waals surface area contributed by atoms with Gasteiger partial charge in [0.25, 0.3) is 11.8 Å². The normalized spacial score (nSPS) is 14.0. The molecule has 1 aromatic heterocycles. The van der Waals surface area contributed by atoms with Gasteiger partial charge in [-0.15, -0.1) is 5.10 Å². The highest BCUT2D eigenvalue weighted by Crippen LogP contribution is 2.27. The number of hydrogen-bond acceptors (Lipinski definition) is 8. The molecule has 0 fully saturated rings. The van der Waals surface area contributed by atoms with Crippen molar-refractivity contribution in [3.05, 3.63) is 107 Å². The predicted octanol–water partition coefficient (Wildman–Crippen LogP) is 2.71. The van der Waals surface area contributed by atoms with Crippen molar-refractivity contribution in [3.8, 4) is 28.3 Å². The molecular weight excluding hydrogens is 484 g/mol. The van der Waals surface area contributed by atoms with Gasteiger partial charge in [0, 0.05) is 11.1 Å². The summed E-state index contributed by atoms with van der Waals surface area (Å²) in [5.41, 5.74) is 8.17. The topological polar surface area (TPSA) is 133 Å². The van der Waals surface area contributed by atoms with E-state index in [1.165, 1.54) is 6.08 Å². The van der Waals surface area contributed by atoms with Gasteiger partial charge < -0.3 is 10.5 Å². The molecule has 1 aliphatic rings. The van der Waals surface area contributed by atoms with Gasteiger partial charge >= 0.3 is 5.69 Å². The number of hydrogen-bond donors (Lipinski definition) is 1. The molecule has 5 rings (SSSR count). The van der Waals surface area contributed by atoms with Crippen molar-refractivity contribution in [3.63, 3.8) is 0 Å². The summed E-state index contributed by atoms with van der Waals surface area (Å²) >= 11 is 0. The molecule has 0 saturated heterocycles. The van der Waals surface area contributed by atoms with Crippen LogP contribution in [0.1, 0.15) is 5.56 Å². The van der Waals surface area contributed by atoms with Gasteiger partial charge in [-0.1, -0.05) is 72.8 Å². The van der Waals surface area contributed by atoms with Crippen LogP contribution in [0.15, 0.2) is 100 Å². The van der Waals surface area contributed by atoms with Crippen LogP contribution >= 0.6 is 0 Å². The van der Waals surface area contributed by atoms with Gasteiger partial charge in [-0.05, 0) is 23.8 Å². The third-order valence-electron chi connectivity index (χ3n) is 5.82. The van der Waals surface area contributed by atoms with Gasteiger partial charge in [0.1, 0.15) is 23.7 Å². The van der Waals surface area contributed by atoms with Gasteiger partial charge in [-0.3, -0.25) is 9.59 Å². The van der Waals surface area contributed by atoms with Crippen molar-refractivity contribution in [2.24, 2.45) is 10.8 Å². The molecule has 0 saturated carbocycles.